The molecule has 0 fully saturated rings. The van der Waals surface area contributed by atoms with Gasteiger partial charge in [-0.05, 0) is 31.0 Å². The zero-order valence-electron chi connectivity index (χ0n) is 11.7. The predicted octanol–water partition coefficient (Wildman–Crippen LogP) is 1.52. The van der Waals surface area contributed by atoms with E-state index in [1.54, 1.807) is 7.11 Å². The number of nitrogens with zero attached hydrogens (tertiary/aromatic N) is 1. The van der Waals surface area contributed by atoms with Crippen LogP contribution in [0, 0.1) is 13.8 Å². The van der Waals surface area contributed by atoms with Crippen LogP contribution in [0.1, 0.15) is 24.0 Å². The van der Waals surface area contributed by atoms with Gasteiger partial charge in [-0.25, -0.2) is 5.43 Å². The SMILES string of the molecule is COc1c(C)cc(C)cc1NC(=O)C1=NNC(=O)CC1. The second kappa shape index (κ2) is 5.73. The lowest BCUT2D eigenvalue weighted by molar-refractivity contribution is -0.121. The van der Waals surface area contributed by atoms with Crippen LogP contribution in [0.4, 0.5) is 5.69 Å². The van der Waals surface area contributed by atoms with Crippen LogP contribution < -0.4 is 15.5 Å². The van der Waals surface area contributed by atoms with Crippen molar-refractivity contribution in [1.29, 1.82) is 0 Å². The number of nitrogens with one attached hydrogen (secondary N) is 2. The Morgan fingerprint density at radius 2 is 2.10 bits per heavy atom. The number of carbonyl (C=O) groups is 2. The normalized spacial score (nSPS) is 14.3. The first-order valence-corrected chi connectivity index (χ1v) is 6.33. The highest BCUT2D eigenvalue weighted by molar-refractivity contribution is 6.43. The minimum atomic E-state index is -0.326. The number of anilines is 1. The van der Waals surface area contributed by atoms with E-state index in [4.69, 9.17) is 4.74 Å². The maximum Gasteiger partial charge on any atom is 0.271 e. The van der Waals surface area contributed by atoms with Gasteiger partial charge in [-0.3, -0.25) is 9.59 Å². The van der Waals surface area contributed by atoms with E-state index in [0.29, 0.717) is 23.6 Å². The van der Waals surface area contributed by atoms with Gasteiger partial charge in [0, 0.05) is 12.8 Å². The number of carbonyl (C=O) groups excluding carboxylic acids is 2. The van der Waals surface area contributed by atoms with Gasteiger partial charge in [0.05, 0.1) is 12.8 Å². The number of benzene rings is 1. The smallest absolute Gasteiger partial charge is 0.271 e. The molecule has 0 unspecified atom stereocenters. The summed E-state index contributed by atoms with van der Waals surface area (Å²) in [4.78, 5) is 23.1. The highest BCUT2D eigenvalue weighted by Gasteiger charge is 2.20. The highest BCUT2D eigenvalue weighted by atomic mass is 16.5. The lowest BCUT2D eigenvalue weighted by Crippen LogP contribution is -2.32. The Kier molecular flexibility index (Phi) is 4.02. The predicted molar refractivity (Wildman–Crippen MR) is 75.9 cm³/mol. The first-order valence-electron chi connectivity index (χ1n) is 6.33. The molecule has 1 aromatic rings. The molecule has 6 heteroatoms. The van der Waals surface area contributed by atoms with E-state index < -0.39 is 0 Å². The quantitative estimate of drug-likeness (QED) is 0.877. The molecule has 0 bridgehead atoms. The van der Waals surface area contributed by atoms with Crippen molar-refractivity contribution in [3.63, 3.8) is 0 Å². The van der Waals surface area contributed by atoms with Crippen molar-refractivity contribution in [2.75, 3.05) is 12.4 Å². The van der Waals surface area contributed by atoms with E-state index in [1.807, 2.05) is 26.0 Å². The zero-order chi connectivity index (χ0) is 14.7. The van der Waals surface area contributed by atoms with Crippen LogP contribution in [0.5, 0.6) is 5.75 Å². The van der Waals surface area contributed by atoms with Gasteiger partial charge >= 0.3 is 0 Å². The fourth-order valence-electron chi connectivity index (χ4n) is 2.15. The number of hydrazone groups is 1. The summed E-state index contributed by atoms with van der Waals surface area (Å²) in [6.07, 6.45) is 0.612. The van der Waals surface area contributed by atoms with Gasteiger partial charge in [0.15, 0.2) is 0 Å². The molecule has 20 heavy (non-hydrogen) atoms. The molecule has 0 atom stereocenters. The van der Waals surface area contributed by atoms with E-state index >= 15 is 0 Å². The largest absolute Gasteiger partial charge is 0.494 e. The summed E-state index contributed by atoms with van der Waals surface area (Å²) in [5.74, 6) is 0.128. The lowest BCUT2D eigenvalue weighted by Gasteiger charge is -2.15. The fourth-order valence-corrected chi connectivity index (χ4v) is 2.15. The molecule has 0 saturated carbocycles. The number of hydrogen-bond acceptors (Lipinski definition) is 4. The summed E-state index contributed by atoms with van der Waals surface area (Å²) in [7, 11) is 1.56. The lowest BCUT2D eigenvalue weighted by atomic mass is 10.1. The van der Waals surface area contributed by atoms with Crippen molar-refractivity contribution in [2.24, 2.45) is 5.10 Å². The van der Waals surface area contributed by atoms with Gasteiger partial charge in [-0.2, -0.15) is 5.10 Å². The summed E-state index contributed by atoms with van der Waals surface area (Å²) in [6.45, 7) is 3.86. The number of hydrogen-bond donors (Lipinski definition) is 2. The summed E-state index contributed by atoms with van der Waals surface area (Å²) < 4.78 is 5.31. The van der Waals surface area contributed by atoms with Crippen molar-refractivity contribution in [1.82, 2.24) is 5.43 Å². The standard InChI is InChI=1S/C14H17N3O3/c1-8-6-9(2)13(20-3)11(7-8)15-14(19)10-4-5-12(18)17-16-10/h6-7H,4-5H2,1-3H3,(H,15,19)(H,17,18). The van der Waals surface area contributed by atoms with Crippen molar-refractivity contribution >= 4 is 23.2 Å². The highest BCUT2D eigenvalue weighted by Crippen LogP contribution is 2.29. The van der Waals surface area contributed by atoms with Gasteiger partial charge in [-0.1, -0.05) is 6.07 Å². The number of methoxy groups -OCH3 is 1. The third-order valence-corrected chi connectivity index (χ3v) is 3.04. The van der Waals surface area contributed by atoms with Crippen LogP contribution in [0.15, 0.2) is 17.2 Å². The van der Waals surface area contributed by atoms with E-state index in [9.17, 15) is 9.59 Å². The third kappa shape index (κ3) is 2.96. The van der Waals surface area contributed by atoms with Crippen LogP contribution in [0.3, 0.4) is 0 Å². The molecule has 0 saturated heterocycles. The van der Waals surface area contributed by atoms with E-state index in [-0.39, 0.29) is 18.2 Å². The molecular formula is C14H17N3O3. The molecule has 1 aromatic carbocycles. The van der Waals surface area contributed by atoms with Crippen LogP contribution in [0.2, 0.25) is 0 Å². The summed E-state index contributed by atoms with van der Waals surface area (Å²) >= 11 is 0. The monoisotopic (exact) mass is 275 g/mol. The van der Waals surface area contributed by atoms with Crippen molar-refractivity contribution in [2.45, 2.75) is 26.7 Å². The third-order valence-electron chi connectivity index (χ3n) is 3.04. The number of ether oxygens (including phenoxy) is 1. The van der Waals surface area contributed by atoms with Crippen LogP contribution >= 0.6 is 0 Å². The molecule has 2 rings (SSSR count). The Morgan fingerprint density at radius 1 is 1.35 bits per heavy atom. The Labute approximate surface area is 117 Å². The average Bonchev–Trinajstić information content (AvgIpc) is 2.39. The number of aryl methyl sites for hydroxylation is 2. The molecule has 0 aromatic heterocycles. The molecule has 2 N–H and O–H groups in total. The molecular weight excluding hydrogens is 258 g/mol. The molecule has 0 aliphatic carbocycles. The van der Waals surface area contributed by atoms with Crippen molar-refractivity contribution in [3.05, 3.63) is 23.3 Å². The second-order valence-electron chi connectivity index (χ2n) is 4.71. The molecule has 0 radical (unpaired) electrons. The van der Waals surface area contributed by atoms with E-state index in [1.165, 1.54) is 0 Å². The maximum atomic E-state index is 12.1. The number of amides is 2. The molecule has 1 heterocycles. The van der Waals surface area contributed by atoms with Gasteiger partial charge in [0.1, 0.15) is 11.5 Å². The second-order valence-corrected chi connectivity index (χ2v) is 4.71. The molecule has 6 nitrogen and oxygen atoms in total. The molecule has 106 valence electrons. The van der Waals surface area contributed by atoms with Gasteiger partial charge in [0.2, 0.25) is 5.91 Å². The Bertz CT molecular complexity index is 594. The minimum absolute atomic E-state index is 0.175. The van der Waals surface area contributed by atoms with Crippen LogP contribution in [-0.4, -0.2) is 24.6 Å². The van der Waals surface area contributed by atoms with Crippen molar-refractivity contribution in [3.8, 4) is 5.75 Å². The summed E-state index contributed by atoms with van der Waals surface area (Å²) in [5, 5.41) is 6.55. The Balaban J connectivity index is 2.22. The maximum absolute atomic E-state index is 12.1. The minimum Gasteiger partial charge on any atom is -0.494 e. The first-order chi connectivity index (χ1) is 9.51. The average molecular weight is 275 g/mol. The van der Waals surface area contributed by atoms with Crippen LogP contribution in [0.25, 0.3) is 0 Å². The Hall–Kier alpha value is -2.37. The van der Waals surface area contributed by atoms with Gasteiger partial charge in [0.25, 0.3) is 5.91 Å². The topological polar surface area (TPSA) is 79.8 Å². The van der Waals surface area contributed by atoms with Gasteiger partial charge < -0.3 is 10.1 Å². The number of rotatable bonds is 3. The molecule has 1 aliphatic heterocycles. The molecule has 1 aliphatic rings. The molecule has 2 amide bonds. The van der Waals surface area contributed by atoms with E-state index in [2.05, 4.69) is 15.8 Å². The Morgan fingerprint density at radius 3 is 2.70 bits per heavy atom. The first kappa shape index (κ1) is 14.0. The van der Waals surface area contributed by atoms with Crippen molar-refractivity contribution < 1.29 is 14.3 Å². The molecule has 0 spiro atoms. The van der Waals surface area contributed by atoms with Gasteiger partial charge in [-0.15, -0.1) is 0 Å². The fraction of sp³-hybridized carbons (Fsp3) is 0.357. The zero-order valence-corrected chi connectivity index (χ0v) is 11.7. The van der Waals surface area contributed by atoms with E-state index in [0.717, 1.165) is 11.1 Å². The summed E-state index contributed by atoms with van der Waals surface area (Å²) in [6, 6.07) is 3.82. The summed E-state index contributed by atoms with van der Waals surface area (Å²) in [5.41, 5.74) is 5.20. The van der Waals surface area contributed by atoms with Crippen LogP contribution in [-0.2, 0) is 9.59 Å².